The number of hydrogen-bond donors (Lipinski definition) is 2. The van der Waals surface area contributed by atoms with Gasteiger partial charge in [0, 0.05) is 17.0 Å². The van der Waals surface area contributed by atoms with Crippen molar-refractivity contribution in [2.75, 3.05) is 16.4 Å². The second kappa shape index (κ2) is 8.32. The third-order valence-corrected chi connectivity index (χ3v) is 7.36. The van der Waals surface area contributed by atoms with E-state index in [1.165, 1.54) is 42.1 Å². The zero-order valence-corrected chi connectivity index (χ0v) is 16.7. The summed E-state index contributed by atoms with van der Waals surface area (Å²) >= 11 is 1.40. The summed E-state index contributed by atoms with van der Waals surface area (Å²) in [7, 11) is -3.72. The smallest absolute Gasteiger partial charge is 0.237 e. The van der Waals surface area contributed by atoms with E-state index in [1.807, 2.05) is 6.92 Å². The van der Waals surface area contributed by atoms with E-state index in [9.17, 15) is 22.4 Å². The molecule has 2 amide bonds. The quantitative estimate of drug-likeness (QED) is 0.744. The Kier molecular flexibility index (Phi) is 6.04. The van der Waals surface area contributed by atoms with Crippen molar-refractivity contribution in [3.05, 3.63) is 48.3 Å². The molecular weight excluding hydrogens is 403 g/mol. The Hall–Kier alpha value is -2.39. The maximum Gasteiger partial charge on any atom is 0.237 e. The molecule has 0 aromatic heterocycles. The number of amides is 2. The van der Waals surface area contributed by atoms with Gasteiger partial charge >= 0.3 is 0 Å². The lowest BCUT2D eigenvalue weighted by Crippen LogP contribution is -2.28. The Balaban J connectivity index is 1.67. The molecule has 28 heavy (non-hydrogen) atoms. The topological polar surface area (TPSA) is 92.3 Å². The molecule has 6 nitrogen and oxygen atoms in total. The molecule has 2 N–H and O–H groups in total. The van der Waals surface area contributed by atoms with Gasteiger partial charge in [-0.1, -0.05) is 13.0 Å². The Labute approximate surface area is 166 Å². The van der Waals surface area contributed by atoms with Crippen molar-refractivity contribution in [1.29, 1.82) is 0 Å². The van der Waals surface area contributed by atoms with Crippen molar-refractivity contribution in [2.24, 2.45) is 0 Å². The van der Waals surface area contributed by atoms with Crippen LogP contribution in [0.3, 0.4) is 0 Å². The van der Waals surface area contributed by atoms with Gasteiger partial charge in [-0.25, -0.2) is 12.8 Å². The number of thioether (sulfide) groups is 1. The van der Waals surface area contributed by atoms with Gasteiger partial charge in [-0.15, -0.1) is 11.8 Å². The normalized spacial score (nSPS) is 16.2. The summed E-state index contributed by atoms with van der Waals surface area (Å²) in [5, 5.41) is 5.01. The highest BCUT2D eigenvalue weighted by Crippen LogP contribution is 2.38. The van der Waals surface area contributed by atoms with Crippen LogP contribution in [0, 0.1) is 5.82 Å². The summed E-state index contributed by atoms with van der Waals surface area (Å²) < 4.78 is 38.3. The highest BCUT2D eigenvalue weighted by atomic mass is 32.2. The molecule has 2 aromatic carbocycles. The summed E-state index contributed by atoms with van der Waals surface area (Å²) in [6.45, 7) is 1.91. The van der Waals surface area contributed by atoms with Crippen molar-refractivity contribution in [1.82, 2.24) is 0 Å². The average molecular weight is 423 g/mol. The largest absolute Gasteiger partial charge is 0.326 e. The molecule has 0 saturated heterocycles. The monoisotopic (exact) mass is 422 g/mol. The van der Waals surface area contributed by atoms with E-state index in [-0.39, 0.29) is 28.2 Å². The molecule has 1 atom stereocenters. The van der Waals surface area contributed by atoms with Gasteiger partial charge in [-0.3, -0.25) is 9.59 Å². The molecule has 1 aliphatic heterocycles. The standard InChI is InChI=1S/C19H19FN2O4S2/c1-2-16-19(24)22-15-11-14(6-7-17(15)27-16)28(25,26)9-8-18(23)21-13-5-3-4-12(20)10-13/h3-7,10-11,16H,2,8-9H2,1H3,(H,21,23)(H,22,24)/t16-/m0/s1. The van der Waals surface area contributed by atoms with Crippen LogP contribution in [0.5, 0.6) is 0 Å². The minimum Gasteiger partial charge on any atom is -0.326 e. The Morgan fingerprint density at radius 2 is 2.04 bits per heavy atom. The second-order valence-electron chi connectivity index (χ2n) is 6.29. The third-order valence-electron chi connectivity index (χ3n) is 4.21. The van der Waals surface area contributed by atoms with Gasteiger partial charge < -0.3 is 10.6 Å². The van der Waals surface area contributed by atoms with E-state index >= 15 is 0 Å². The molecule has 0 unspecified atom stereocenters. The fourth-order valence-corrected chi connectivity index (χ4v) is 5.01. The molecule has 1 aliphatic rings. The van der Waals surface area contributed by atoms with Crippen LogP contribution in [0.2, 0.25) is 0 Å². The number of carbonyl (C=O) groups excluding carboxylic acids is 2. The lowest BCUT2D eigenvalue weighted by atomic mass is 10.2. The SMILES string of the molecule is CC[C@@H]1Sc2ccc(S(=O)(=O)CCC(=O)Nc3cccc(F)c3)cc2NC1=O. The molecular formula is C19H19FN2O4S2. The lowest BCUT2D eigenvalue weighted by Gasteiger charge is -2.23. The van der Waals surface area contributed by atoms with E-state index in [0.29, 0.717) is 12.1 Å². The third kappa shape index (κ3) is 4.71. The van der Waals surface area contributed by atoms with Crippen LogP contribution in [-0.2, 0) is 19.4 Å². The first-order chi connectivity index (χ1) is 13.3. The van der Waals surface area contributed by atoms with Crippen LogP contribution in [0.15, 0.2) is 52.3 Å². The van der Waals surface area contributed by atoms with Crippen molar-refractivity contribution >= 4 is 44.8 Å². The summed E-state index contributed by atoms with van der Waals surface area (Å²) in [5.74, 6) is -1.57. The predicted octanol–water partition coefficient (Wildman–Crippen LogP) is 3.45. The van der Waals surface area contributed by atoms with Crippen molar-refractivity contribution in [3.63, 3.8) is 0 Å². The summed E-state index contributed by atoms with van der Waals surface area (Å²) in [5.41, 5.74) is 0.728. The molecule has 0 radical (unpaired) electrons. The minimum absolute atomic E-state index is 0.0423. The van der Waals surface area contributed by atoms with Crippen molar-refractivity contribution in [2.45, 2.75) is 34.8 Å². The van der Waals surface area contributed by atoms with Gasteiger partial charge in [0.1, 0.15) is 5.82 Å². The molecule has 9 heteroatoms. The van der Waals surface area contributed by atoms with Crippen molar-refractivity contribution in [3.8, 4) is 0 Å². The Morgan fingerprint density at radius 1 is 1.25 bits per heavy atom. The number of carbonyl (C=O) groups is 2. The second-order valence-corrected chi connectivity index (χ2v) is 9.64. The van der Waals surface area contributed by atoms with Crippen LogP contribution in [-0.4, -0.2) is 31.2 Å². The Morgan fingerprint density at radius 3 is 2.75 bits per heavy atom. The fraction of sp³-hybridized carbons (Fsp3) is 0.263. The molecule has 3 rings (SSSR count). The van der Waals surface area contributed by atoms with Crippen LogP contribution in [0.1, 0.15) is 19.8 Å². The summed E-state index contributed by atoms with van der Waals surface area (Å²) in [4.78, 5) is 24.8. The lowest BCUT2D eigenvalue weighted by molar-refractivity contribution is -0.116. The highest BCUT2D eigenvalue weighted by molar-refractivity contribution is 8.01. The van der Waals surface area contributed by atoms with Crippen LogP contribution in [0.25, 0.3) is 0 Å². The number of fused-ring (bicyclic) bond motifs is 1. The predicted molar refractivity (Wildman–Crippen MR) is 107 cm³/mol. The van der Waals surface area contributed by atoms with E-state index in [0.717, 1.165) is 11.0 Å². The number of hydrogen-bond acceptors (Lipinski definition) is 5. The molecule has 148 valence electrons. The molecule has 0 bridgehead atoms. The fourth-order valence-electron chi connectivity index (χ4n) is 2.73. The highest BCUT2D eigenvalue weighted by Gasteiger charge is 2.27. The molecule has 0 fully saturated rings. The number of halogens is 1. The number of nitrogens with one attached hydrogen (secondary N) is 2. The zero-order chi connectivity index (χ0) is 20.3. The van der Waals surface area contributed by atoms with Gasteiger partial charge in [0.15, 0.2) is 9.84 Å². The number of anilines is 2. The van der Waals surface area contributed by atoms with Crippen LogP contribution < -0.4 is 10.6 Å². The maximum atomic E-state index is 13.1. The first-order valence-corrected chi connectivity index (χ1v) is 11.2. The number of benzene rings is 2. The van der Waals surface area contributed by atoms with Gasteiger partial charge in [0.05, 0.1) is 21.6 Å². The van der Waals surface area contributed by atoms with E-state index in [1.54, 1.807) is 6.07 Å². The van der Waals surface area contributed by atoms with Gasteiger partial charge in [0.2, 0.25) is 11.8 Å². The van der Waals surface area contributed by atoms with Gasteiger partial charge in [-0.05, 0) is 42.8 Å². The van der Waals surface area contributed by atoms with Crippen LogP contribution >= 0.6 is 11.8 Å². The zero-order valence-electron chi connectivity index (χ0n) is 15.1. The summed E-state index contributed by atoms with van der Waals surface area (Å²) in [6.07, 6.45) is 0.408. The molecule has 1 heterocycles. The first kappa shape index (κ1) is 20.3. The average Bonchev–Trinajstić information content (AvgIpc) is 2.65. The molecule has 2 aromatic rings. The maximum absolute atomic E-state index is 13.1. The van der Waals surface area contributed by atoms with Crippen LogP contribution in [0.4, 0.5) is 15.8 Å². The number of rotatable bonds is 6. The molecule has 0 aliphatic carbocycles. The van der Waals surface area contributed by atoms with Gasteiger partial charge in [0.25, 0.3) is 0 Å². The summed E-state index contributed by atoms with van der Waals surface area (Å²) in [6, 6.07) is 9.94. The first-order valence-electron chi connectivity index (χ1n) is 8.68. The Bertz CT molecular complexity index is 1020. The molecule has 0 saturated carbocycles. The van der Waals surface area contributed by atoms with E-state index < -0.39 is 27.3 Å². The molecule has 0 spiro atoms. The van der Waals surface area contributed by atoms with Crippen molar-refractivity contribution < 1.29 is 22.4 Å². The van der Waals surface area contributed by atoms with E-state index in [4.69, 9.17) is 0 Å². The van der Waals surface area contributed by atoms with Gasteiger partial charge in [-0.2, -0.15) is 0 Å². The number of sulfone groups is 1. The van der Waals surface area contributed by atoms with E-state index in [2.05, 4.69) is 10.6 Å². The minimum atomic E-state index is -3.72.